The Labute approximate surface area is 195 Å². The van der Waals surface area contributed by atoms with Crippen LogP contribution in [0.25, 0.3) is 0 Å². The molecule has 170 valence electrons. The van der Waals surface area contributed by atoms with E-state index >= 15 is 0 Å². The number of nitrogens with zero attached hydrogens (tertiary/aromatic N) is 1. The number of hydrogen-bond donors (Lipinski definition) is 2. The van der Waals surface area contributed by atoms with Gasteiger partial charge in [0, 0.05) is 18.0 Å². The Bertz CT molecular complexity index is 1130. The predicted octanol–water partition coefficient (Wildman–Crippen LogP) is 4.98. The van der Waals surface area contributed by atoms with Crippen LogP contribution in [0.2, 0.25) is 0 Å². The Morgan fingerprint density at radius 3 is 2.42 bits per heavy atom. The summed E-state index contributed by atoms with van der Waals surface area (Å²) in [5.41, 5.74) is 6.96. The molecule has 5 nitrogen and oxygen atoms in total. The van der Waals surface area contributed by atoms with Crippen LogP contribution in [0.5, 0.6) is 0 Å². The molecule has 3 fully saturated rings. The largest absolute Gasteiger partial charge is 0.500 e. The molecule has 0 radical (unpaired) electrons. The number of allylic oxidation sites excluding steroid dienone is 1. The van der Waals surface area contributed by atoms with Crippen LogP contribution in [0.3, 0.4) is 0 Å². The topological polar surface area (TPSA) is 88.5 Å². The molecule has 1 saturated heterocycles. The van der Waals surface area contributed by atoms with E-state index in [9.17, 15) is 10.4 Å². The Balaban J connectivity index is 1.76. The lowest BCUT2D eigenvalue weighted by atomic mass is 9.71. The van der Waals surface area contributed by atoms with Gasteiger partial charge in [-0.3, -0.25) is 0 Å². The number of benzene rings is 2. The molecule has 1 unspecified atom stereocenters. The fourth-order valence-corrected chi connectivity index (χ4v) is 6.41. The highest BCUT2D eigenvalue weighted by Gasteiger charge is 2.70. The van der Waals surface area contributed by atoms with Gasteiger partial charge in [-0.15, -0.1) is 0 Å². The Morgan fingerprint density at radius 2 is 1.82 bits per heavy atom. The summed E-state index contributed by atoms with van der Waals surface area (Å²) >= 11 is 0. The summed E-state index contributed by atoms with van der Waals surface area (Å²) in [4.78, 5) is 0. The number of hydrogen-bond acceptors (Lipinski definition) is 5. The van der Waals surface area contributed by atoms with Crippen LogP contribution in [-0.2, 0) is 15.1 Å². The number of nitrogens with two attached hydrogens (primary N) is 1. The molecule has 0 spiro atoms. The zero-order valence-corrected chi connectivity index (χ0v) is 19.0. The highest BCUT2D eigenvalue weighted by Crippen LogP contribution is 2.66. The van der Waals surface area contributed by atoms with Crippen molar-refractivity contribution in [1.82, 2.24) is 0 Å². The maximum atomic E-state index is 12.6. The van der Waals surface area contributed by atoms with Crippen molar-refractivity contribution in [3.05, 3.63) is 94.6 Å². The minimum Gasteiger partial charge on any atom is -0.500 e. The summed E-state index contributed by atoms with van der Waals surface area (Å²) < 4.78 is 12.8. The first-order chi connectivity index (χ1) is 16.1. The number of methoxy groups -OCH3 is 1. The van der Waals surface area contributed by atoms with Crippen LogP contribution < -0.4 is 5.73 Å². The first-order valence-electron chi connectivity index (χ1n) is 11.8. The van der Waals surface area contributed by atoms with Crippen molar-refractivity contribution in [2.45, 2.75) is 55.6 Å². The van der Waals surface area contributed by atoms with E-state index in [0.29, 0.717) is 23.3 Å². The second-order valence-electron chi connectivity index (χ2n) is 9.34. The molecule has 2 aromatic carbocycles. The second-order valence-corrected chi connectivity index (χ2v) is 9.34. The molecule has 2 saturated carbocycles. The van der Waals surface area contributed by atoms with Crippen LogP contribution in [0.15, 0.2) is 77.9 Å². The van der Waals surface area contributed by atoms with Crippen molar-refractivity contribution >= 4 is 0 Å². The van der Waals surface area contributed by atoms with Gasteiger partial charge in [-0.05, 0) is 48.9 Å². The van der Waals surface area contributed by atoms with E-state index in [4.69, 9.17) is 15.2 Å². The molecule has 2 aliphatic carbocycles. The molecule has 3 aliphatic rings. The van der Waals surface area contributed by atoms with Gasteiger partial charge in [-0.2, -0.15) is 5.26 Å². The quantitative estimate of drug-likeness (QED) is 0.652. The van der Waals surface area contributed by atoms with Crippen molar-refractivity contribution in [3.63, 3.8) is 0 Å². The lowest BCUT2D eigenvalue weighted by Crippen LogP contribution is -2.48. The van der Waals surface area contributed by atoms with E-state index in [-0.39, 0.29) is 11.8 Å². The number of nitriles is 1. The van der Waals surface area contributed by atoms with Crippen LogP contribution >= 0.6 is 0 Å². The molecule has 0 bridgehead atoms. The first kappa shape index (κ1) is 21.6. The highest BCUT2D eigenvalue weighted by molar-refractivity contribution is 5.54. The molecule has 2 aromatic rings. The molecule has 3 N–H and O–H groups in total. The van der Waals surface area contributed by atoms with Gasteiger partial charge in [0.1, 0.15) is 17.1 Å². The average molecular weight is 443 g/mol. The fourth-order valence-electron chi connectivity index (χ4n) is 6.41. The maximum absolute atomic E-state index is 12.6. The lowest BCUT2D eigenvalue weighted by Gasteiger charge is -2.40. The summed E-state index contributed by atoms with van der Waals surface area (Å²) in [6.07, 6.45) is 7.12. The molecular weight excluding hydrogens is 412 g/mol. The smallest absolute Gasteiger partial charge is 0.174 e. The summed E-state index contributed by atoms with van der Waals surface area (Å²) in [7, 11) is 1.68. The zero-order chi connectivity index (χ0) is 23.1. The third-order valence-corrected chi connectivity index (χ3v) is 7.82. The van der Waals surface area contributed by atoms with Crippen molar-refractivity contribution < 1.29 is 14.6 Å². The van der Waals surface area contributed by atoms with Crippen LogP contribution in [0.4, 0.5) is 0 Å². The van der Waals surface area contributed by atoms with E-state index in [1.165, 1.54) is 6.20 Å². The SMILES string of the molecule is CO/C(=C1/C(=C\N)O[C@@]2(c3ccc(C#N)cc3)C(c3ccccc3)CC[C@@]12O)C1CCCC1. The van der Waals surface area contributed by atoms with Gasteiger partial charge in [0.25, 0.3) is 0 Å². The van der Waals surface area contributed by atoms with Crippen LogP contribution in [-0.4, -0.2) is 17.8 Å². The Hall–Kier alpha value is -3.23. The van der Waals surface area contributed by atoms with Gasteiger partial charge >= 0.3 is 0 Å². The van der Waals surface area contributed by atoms with Crippen LogP contribution in [0, 0.1) is 17.2 Å². The standard InChI is InChI=1S/C28H30N2O3/c1-32-26(21-9-5-6-10-21)25-24(18-30)33-28(22-13-11-19(17-29)12-14-22)23(15-16-27(25,28)31)20-7-3-2-4-8-20/h2-4,7-8,11-14,18,21,23,31H,5-6,9-10,15-16,30H2,1H3/b24-18+,26-25-/t23?,27-,28+/m1/s1. The van der Waals surface area contributed by atoms with Crippen molar-refractivity contribution in [3.8, 4) is 6.07 Å². The molecule has 5 heteroatoms. The summed E-state index contributed by atoms with van der Waals surface area (Å²) in [5, 5.41) is 21.9. The zero-order valence-electron chi connectivity index (χ0n) is 19.0. The maximum Gasteiger partial charge on any atom is 0.174 e. The summed E-state index contributed by atoms with van der Waals surface area (Å²) in [6.45, 7) is 0. The van der Waals surface area contributed by atoms with Gasteiger partial charge in [0.2, 0.25) is 0 Å². The number of aliphatic hydroxyl groups is 1. The fraction of sp³-hybridized carbons (Fsp3) is 0.393. The van der Waals surface area contributed by atoms with E-state index in [2.05, 4.69) is 18.2 Å². The molecule has 1 aliphatic heterocycles. The predicted molar refractivity (Wildman–Crippen MR) is 126 cm³/mol. The third kappa shape index (κ3) is 3.08. The van der Waals surface area contributed by atoms with Gasteiger partial charge in [-0.25, -0.2) is 0 Å². The van der Waals surface area contributed by atoms with E-state index in [1.54, 1.807) is 19.2 Å². The number of fused-ring (bicyclic) bond motifs is 1. The first-order valence-corrected chi connectivity index (χ1v) is 11.8. The van der Waals surface area contributed by atoms with Gasteiger partial charge < -0.3 is 20.3 Å². The van der Waals surface area contributed by atoms with E-state index < -0.39 is 11.2 Å². The number of ether oxygens (including phenoxy) is 2. The van der Waals surface area contributed by atoms with Crippen LogP contribution in [0.1, 0.15) is 61.1 Å². The highest BCUT2D eigenvalue weighted by atomic mass is 16.5. The van der Waals surface area contributed by atoms with E-state index in [0.717, 1.165) is 49.0 Å². The van der Waals surface area contributed by atoms with Crippen molar-refractivity contribution in [2.24, 2.45) is 11.7 Å². The normalized spacial score (nSPS) is 31.8. The molecule has 0 aromatic heterocycles. The molecule has 33 heavy (non-hydrogen) atoms. The Morgan fingerprint density at radius 1 is 1.12 bits per heavy atom. The van der Waals surface area contributed by atoms with Gasteiger partial charge in [0.15, 0.2) is 5.60 Å². The minimum atomic E-state index is -1.30. The van der Waals surface area contributed by atoms with Crippen molar-refractivity contribution in [2.75, 3.05) is 7.11 Å². The minimum absolute atomic E-state index is 0.0919. The number of rotatable bonds is 4. The Kier molecular flexibility index (Phi) is 5.42. The lowest BCUT2D eigenvalue weighted by molar-refractivity contribution is -0.0963. The molecule has 5 rings (SSSR count). The summed E-state index contributed by atoms with van der Waals surface area (Å²) in [5.74, 6) is 1.45. The summed E-state index contributed by atoms with van der Waals surface area (Å²) in [6, 6.07) is 19.8. The molecule has 3 atom stereocenters. The third-order valence-electron chi connectivity index (χ3n) is 7.82. The molecular formula is C28H30N2O3. The van der Waals surface area contributed by atoms with Crippen molar-refractivity contribution in [1.29, 1.82) is 5.26 Å². The second kappa shape index (κ2) is 8.28. The molecule has 1 heterocycles. The monoisotopic (exact) mass is 442 g/mol. The molecule has 0 amide bonds. The average Bonchev–Trinajstić information content (AvgIpc) is 3.55. The van der Waals surface area contributed by atoms with E-state index in [1.807, 2.05) is 30.3 Å². The van der Waals surface area contributed by atoms with Gasteiger partial charge in [0.05, 0.1) is 24.3 Å². The van der Waals surface area contributed by atoms with Gasteiger partial charge in [-0.1, -0.05) is 55.3 Å².